The van der Waals surface area contributed by atoms with Crippen LogP contribution in [0.2, 0.25) is 0 Å². The number of carbonyl (C=O) groups is 2. The molecule has 1 saturated carbocycles. The maximum absolute atomic E-state index is 12.6. The fraction of sp³-hybridized carbons (Fsp3) is 0.619. The van der Waals surface area contributed by atoms with E-state index in [-0.39, 0.29) is 34.9 Å². The Morgan fingerprint density at radius 2 is 1.97 bits per heavy atom. The maximum Gasteiger partial charge on any atom is 0.514 e. The van der Waals surface area contributed by atoms with Gasteiger partial charge in [0.2, 0.25) is 5.91 Å². The Balaban J connectivity index is 1.42. The highest BCUT2D eigenvalue weighted by atomic mass is 16.7. The molecule has 2 aliphatic heterocycles. The Kier molecular flexibility index (Phi) is 5.19. The molecule has 0 unspecified atom stereocenters. The first kappa shape index (κ1) is 19.7. The Bertz CT molecular complexity index is 810. The van der Waals surface area contributed by atoms with Gasteiger partial charge in [-0.25, -0.2) is 4.79 Å². The molecule has 2 saturated heterocycles. The molecule has 0 bridgehead atoms. The number of ether oxygens (including phenoxy) is 2. The van der Waals surface area contributed by atoms with Crippen LogP contribution >= 0.6 is 0 Å². The molecular weight excluding hydrogens is 376 g/mol. The van der Waals surface area contributed by atoms with Gasteiger partial charge in [0, 0.05) is 30.6 Å². The highest BCUT2D eigenvalue weighted by Crippen LogP contribution is 2.52. The van der Waals surface area contributed by atoms with Crippen LogP contribution in [-0.2, 0) is 9.53 Å². The molecule has 3 fully saturated rings. The first-order chi connectivity index (χ1) is 13.9. The van der Waals surface area contributed by atoms with Crippen molar-refractivity contribution in [3.05, 3.63) is 34.4 Å². The molecule has 0 aromatic heterocycles. The summed E-state index contributed by atoms with van der Waals surface area (Å²) in [6.07, 6.45) is 5.05. The number of benzene rings is 1. The van der Waals surface area contributed by atoms with Gasteiger partial charge in [0.1, 0.15) is 11.9 Å². The SMILES string of the molecule is C[C@H]1[C@@H](OC(=O)Oc2ccc([N+](=O)[O-])cc2)CC[C@@]23CCCN2C(=O)CCC[C@@H]13. The molecule has 1 spiro atoms. The van der Waals surface area contributed by atoms with E-state index in [0.29, 0.717) is 18.8 Å². The molecule has 2 heterocycles. The molecule has 1 amide bonds. The summed E-state index contributed by atoms with van der Waals surface area (Å²) in [4.78, 5) is 37.2. The number of non-ortho nitro benzene ring substituents is 1. The lowest BCUT2D eigenvalue weighted by Crippen LogP contribution is -2.57. The monoisotopic (exact) mass is 402 g/mol. The number of hydrogen-bond acceptors (Lipinski definition) is 6. The van der Waals surface area contributed by atoms with Gasteiger partial charge in [0.05, 0.1) is 4.92 Å². The van der Waals surface area contributed by atoms with Crippen LogP contribution < -0.4 is 4.74 Å². The van der Waals surface area contributed by atoms with Crippen molar-refractivity contribution in [1.29, 1.82) is 0 Å². The summed E-state index contributed by atoms with van der Waals surface area (Å²) in [6, 6.07) is 5.33. The molecule has 0 N–H and O–H groups in total. The predicted molar refractivity (Wildman–Crippen MR) is 103 cm³/mol. The second-order valence-corrected chi connectivity index (χ2v) is 8.41. The number of hydrogen-bond donors (Lipinski definition) is 0. The molecule has 4 atom stereocenters. The summed E-state index contributed by atoms with van der Waals surface area (Å²) in [5, 5.41) is 10.7. The van der Waals surface area contributed by atoms with Crippen molar-refractivity contribution < 1.29 is 24.0 Å². The minimum absolute atomic E-state index is 0.0686. The number of carbonyl (C=O) groups excluding carboxylic acids is 2. The second kappa shape index (κ2) is 7.65. The van der Waals surface area contributed by atoms with Crippen LogP contribution in [0, 0.1) is 22.0 Å². The van der Waals surface area contributed by atoms with Crippen LogP contribution in [0.15, 0.2) is 24.3 Å². The molecule has 1 aliphatic carbocycles. The van der Waals surface area contributed by atoms with Gasteiger partial charge in [-0.05, 0) is 62.5 Å². The third-order valence-corrected chi connectivity index (χ3v) is 7.01. The smallest absolute Gasteiger partial charge is 0.430 e. The summed E-state index contributed by atoms with van der Waals surface area (Å²) in [5.74, 6) is 0.943. The first-order valence-corrected chi connectivity index (χ1v) is 10.3. The van der Waals surface area contributed by atoms with Gasteiger partial charge in [-0.1, -0.05) is 6.92 Å². The van der Waals surface area contributed by atoms with Crippen LogP contribution in [0.25, 0.3) is 0 Å². The van der Waals surface area contributed by atoms with Crippen molar-refractivity contribution in [2.75, 3.05) is 6.54 Å². The van der Waals surface area contributed by atoms with Gasteiger partial charge in [-0.3, -0.25) is 14.9 Å². The fourth-order valence-corrected chi connectivity index (χ4v) is 5.69. The molecule has 156 valence electrons. The van der Waals surface area contributed by atoms with Crippen molar-refractivity contribution in [3.63, 3.8) is 0 Å². The topological polar surface area (TPSA) is 99.0 Å². The number of nitro groups is 1. The Labute approximate surface area is 169 Å². The molecule has 3 aliphatic rings. The van der Waals surface area contributed by atoms with Crippen molar-refractivity contribution in [2.24, 2.45) is 11.8 Å². The van der Waals surface area contributed by atoms with Crippen LogP contribution in [0.3, 0.4) is 0 Å². The molecule has 1 aromatic rings. The normalized spacial score (nSPS) is 31.4. The Hall–Kier alpha value is -2.64. The Morgan fingerprint density at radius 1 is 1.21 bits per heavy atom. The van der Waals surface area contributed by atoms with Gasteiger partial charge in [-0.2, -0.15) is 0 Å². The maximum atomic E-state index is 12.6. The van der Waals surface area contributed by atoms with E-state index in [9.17, 15) is 19.7 Å². The number of amides is 1. The molecule has 4 rings (SSSR count). The average molecular weight is 402 g/mol. The van der Waals surface area contributed by atoms with E-state index in [1.165, 1.54) is 24.3 Å². The zero-order valence-corrected chi connectivity index (χ0v) is 16.5. The molecule has 8 nitrogen and oxygen atoms in total. The van der Waals surface area contributed by atoms with Crippen LogP contribution in [0.4, 0.5) is 10.5 Å². The van der Waals surface area contributed by atoms with E-state index in [1.54, 1.807) is 0 Å². The molecule has 0 radical (unpaired) electrons. The van der Waals surface area contributed by atoms with E-state index < -0.39 is 11.1 Å². The first-order valence-electron chi connectivity index (χ1n) is 10.3. The fourth-order valence-electron chi connectivity index (χ4n) is 5.69. The zero-order valence-electron chi connectivity index (χ0n) is 16.5. The molecule has 29 heavy (non-hydrogen) atoms. The van der Waals surface area contributed by atoms with Gasteiger partial charge < -0.3 is 14.4 Å². The van der Waals surface area contributed by atoms with Crippen molar-refractivity contribution >= 4 is 17.7 Å². The molecule has 8 heteroatoms. The minimum Gasteiger partial charge on any atom is -0.430 e. The van der Waals surface area contributed by atoms with Crippen LogP contribution in [0.1, 0.15) is 51.9 Å². The van der Waals surface area contributed by atoms with Gasteiger partial charge in [0.25, 0.3) is 5.69 Å². The summed E-state index contributed by atoms with van der Waals surface area (Å²) < 4.78 is 10.9. The number of rotatable bonds is 3. The zero-order chi connectivity index (χ0) is 20.6. The number of nitro benzene ring substituents is 1. The Morgan fingerprint density at radius 3 is 2.69 bits per heavy atom. The van der Waals surface area contributed by atoms with Crippen molar-refractivity contribution in [2.45, 2.75) is 63.5 Å². The molecular formula is C21H26N2O6. The van der Waals surface area contributed by atoms with Gasteiger partial charge >= 0.3 is 6.16 Å². The van der Waals surface area contributed by atoms with Crippen LogP contribution in [0.5, 0.6) is 5.75 Å². The highest BCUT2D eigenvalue weighted by molar-refractivity contribution is 5.78. The van der Waals surface area contributed by atoms with E-state index >= 15 is 0 Å². The van der Waals surface area contributed by atoms with Gasteiger partial charge in [-0.15, -0.1) is 0 Å². The number of nitrogens with zero attached hydrogens (tertiary/aromatic N) is 2. The van der Waals surface area contributed by atoms with E-state index in [2.05, 4.69) is 11.8 Å². The molecule has 1 aromatic carbocycles. The third-order valence-electron chi connectivity index (χ3n) is 7.01. The quantitative estimate of drug-likeness (QED) is 0.327. The summed E-state index contributed by atoms with van der Waals surface area (Å²) in [5.41, 5.74) is -0.143. The summed E-state index contributed by atoms with van der Waals surface area (Å²) in [6.45, 7) is 2.96. The van der Waals surface area contributed by atoms with E-state index in [4.69, 9.17) is 9.47 Å². The summed E-state index contributed by atoms with van der Waals surface area (Å²) >= 11 is 0. The second-order valence-electron chi connectivity index (χ2n) is 8.41. The third kappa shape index (κ3) is 3.56. The van der Waals surface area contributed by atoms with Gasteiger partial charge in [0.15, 0.2) is 0 Å². The van der Waals surface area contributed by atoms with E-state index in [1.807, 2.05) is 0 Å². The largest absolute Gasteiger partial charge is 0.514 e. The van der Waals surface area contributed by atoms with Crippen molar-refractivity contribution in [1.82, 2.24) is 4.90 Å². The lowest BCUT2D eigenvalue weighted by molar-refractivity contribution is -0.384. The predicted octanol–water partition coefficient (Wildman–Crippen LogP) is 4.07. The van der Waals surface area contributed by atoms with Crippen LogP contribution in [-0.4, -0.2) is 40.1 Å². The van der Waals surface area contributed by atoms with E-state index in [0.717, 1.165) is 38.6 Å². The average Bonchev–Trinajstić information content (AvgIpc) is 3.06. The lowest BCUT2D eigenvalue weighted by Gasteiger charge is -2.51. The van der Waals surface area contributed by atoms with Crippen molar-refractivity contribution in [3.8, 4) is 5.75 Å². The lowest BCUT2D eigenvalue weighted by atomic mass is 9.64. The summed E-state index contributed by atoms with van der Waals surface area (Å²) in [7, 11) is 0. The highest BCUT2D eigenvalue weighted by Gasteiger charge is 2.55. The standard InChI is InChI=1S/C21H26N2O6/c1-14-17-4-2-5-19(24)22-13-3-11-21(17,22)12-10-18(14)29-20(25)28-16-8-6-15(7-9-16)23(26)27/h6-9,14,17-18H,2-5,10-13H2,1H3/t14-,17+,18+,21-/m1/s1. The minimum atomic E-state index is -0.792.